The normalized spacial score (nSPS) is 16.2. The van der Waals surface area contributed by atoms with Crippen molar-refractivity contribution in [3.8, 4) is 0 Å². The van der Waals surface area contributed by atoms with Gasteiger partial charge in [-0.25, -0.2) is 8.42 Å². The molecule has 1 aliphatic heterocycles. The Morgan fingerprint density at radius 1 is 1.32 bits per heavy atom. The Balaban J connectivity index is 1.59. The number of furan rings is 1. The minimum atomic E-state index is -3.61. The summed E-state index contributed by atoms with van der Waals surface area (Å²) in [6.07, 6.45) is 1.61. The van der Waals surface area contributed by atoms with Gasteiger partial charge in [-0.3, -0.25) is 0 Å². The van der Waals surface area contributed by atoms with Crippen LogP contribution in [0.2, 0.25) is 0 Å². The summed E-state index contributed by atoms with van der Waals surface area (Å²) in [5.41, 5.74) is 0.385. The second-order valence-corrected chi connectivity index (χ2v) is 8.04. The van der Waals surface area contributed by atoms with Crippen LogP contribution in [0.5, 0.6) is 0 Å². The van der Waals surface area contributed by atoms with Crippen LogP contribution in [-0.2, 0) is 16.6 Å². The van der Waals surface area contributed by atoms with E-state index in [0.717, 1.165) is 5.76 Å². The summed E-state index contributed by atoms with van der Waals surface area (Å²) in [6.45, 7) is 5.50. The van der Waals surface area contributed by atoms with Gasteiger partial charge in [-0.05, 0) is 38.2 Å². The summed E-state index contributed by atoms with van der Waals surface area (Å²) in [7, 11) is -3.61. The molecular formula is C15H20N4O4S2. The summed E-state index contributed by atoms with van der Waals surface area (Å²) >= 11 is 5.38. The van der Waals surface area contributed by atoms with Crippen molar-refractivity contribution in [1.82, 2.24) is 19.7 Å². The zero-order chi connectivity index (χ0) is 18.0. The molecule has 0 amide bonds. The van der Waals surface area contributed by atoms with Gasteiger partial charge >= 0.3 is 0 Å². The van der Waals surface area contributed by atoms with Crippen molar-refractivity contribution in [1.29, 1.82) is 0 Å². The van der Waals surface area contributed by atoms with Gasteiger partial charge in [-0.2, -0.15) is 4.31 Å². The van der Waals surface area contributed by atoms with E-state index in [4.69, 9.17) is 21.2 Å². The Morgan fingerprint density at radius 2 is 2.04 bits per heavy atom. The van der Waals surface area contributed by atoms with E-state index in [-0.39, 0.29) is 4.90 Å². The number of nitrogens with one attached hydrogen (secondary N) is 1. The molecule has 0 unspecified atom stereocenters. The molecule has 0 atom stereocenters. The van der Waals surface area contributed by atoms with E-state index in [2.05, 4.69) is 10.5 Å². The number of hydrogen-bond donors (Lipinski definition) is 1. The highest BCUT2D eigenvalue weighted by Crippen LogP contribution is 2.24. The van der Waals surface area contributed by atoms with Crippen molar-refractivity contribution in [2.45, 2.75) is 25.3 Å². The van der Waals surface area contributed by atoms with Crippen molar-refractivity contribution in [2.75, 3.05) is 26.2 Å². The van der Waals surface area contributed by atoms with Gasteiger partial charge in [0.2, 0.25) is 10.0 Å². The maximum Gasteiger partial charge on any atom is 0.248 e. The molecule has 136 valence electrons. The third kappa shape index (κ3) is 3.70. The van der Waals surface area contributed by atoms with Crippen LogP contribution in [0.3, 0.4) is 0 Å². The lowest BCUT2D eigenvalue weighted by molar-refractivity contribution is 0.263. The van der Waals surface area contributed by atoms with E-state index in [1.54, 1.807) is 20.1 Å². The number of piperazine rings is 1. The van der Waals surface area contributed by atoms with Crippen molar-refractivity contribution in [3.63, 3.8) is 0 Å². The number of thiocarbonyl (C=S) groups is 1. The fourth-order valence-corrected chi connectivity index (χ4v) is 4.76. The van der Waals surface area contributed by atoms with Crippen molar-refractivity contribution in [3.05, 3.63) is 35.6 Å². The number of aromatic nitrogens is 1. The van der Waals surface area contributed by atoms with Crippen LogP contribution in [0, 0.1) is 13.8 Å². The van der Waals surface area contributed by atoms with E-state index < -0.39 is 10.0 Å². The molecule has 1 N–H and O–H groups in total. The second-order valence-electron chi connectivity index (χ2n) is 5.78. The smallest absolute Gasteiger partial charge is 0.248 e. The lowest BCUT2D eigenvalue weighted by atomic mass is 10.4. The summed E-state index contributed by atoms with van der Waals surface area (Å²) in [5.74, 6) is 1.11. The highest BCUT2D eigenvalue weighted by molar-refractivity contribution is 7.89. The molecule has 1 aliphatic rings. The standard InChI is InChI=1S/C15H20N4O4S2/c1-11-14(12(2)23-17-11)25(20,21)19-7-5-18(6-8-19)15(24)16-10-13-4-3-9-22-13/h3-4,9H,5-8,10H2,1-2H3,(H,16,24). The van der Waals surface area contributed by atoms with Gasteiger partial charge in [0.25, 0.3) is 0 Å². The van der Waals surface area contributed by atoms with Crippen molar-refractivity contribution in [2.24, 2.45) is 0 Å². The Labute approximate surface area is 151 Å². The minimum Gasteiger partial charge on any atom is -0.467 e. The van der Waals surface area contributed by atoms with Gasteiger partial charge in [-0.15, -0.1) is 0 Å². The van der Waals surface area contributed by atoms with Gasteiger partial charge in [-0.1, -0.05) is 5.16 Å². The average molecular weight is 384 g/mol. The molecule has 8 nitrogen and oxygen atoms in total. The van der Waals surface area contributed by atoms with Crippen LogP contribution in [0.1, 0.15) is 17.2 Å². The Morgan fingerprint density at radius 3 is 2.60 bits per heavy atom. The van der Waals surface area contributed by atoms with E-state index in [0.29, 0.717) is 49.3 Å². The van der Waals surface area contributed by atoms with E-state index in [1.165, 1.54) is 4.31 Å². The van der Waals surface area contributed by atoms with Gasteiger partial charge in [0, 0.05) is 26.2 Å². The molecular weight excluding hydrogens is 364 g/mol. The minimum absolute atomic E-state index is 0.166. The molecule has 1 fully saturated rings. The first-order valence-corrected chi connectivity index (χ1v) is 9.72. The van der Waals surface area contributed by atoms with Crippen LogP contribution in [0.4, 0.5) is 0 Å². The van der Waals surface area contributed by atoms with Gasteiger partial charge in [0.05, 0.1) is 12.8 Å². The number of nitrogens with zero attached hydrogens (tertiary/aromatic N) is 3. The number of rotatable bonds is 4. The Bertz CT molecular complexity index is 818. The molecule has 3 rings (SSSR count). The summed E-state index contributed by atoms with van der Waals surface area (Å²) in [6, 6.07) is 3.68. The number of sulfonamides is 1. The molecule has 3 heterocycles. The molecule has 0 aromatic carbocycles. The molecule has 0 aliphatic carbocycles. The van der Waals surface area contributed by atoms with E-state index in [1.807, 2.05) is 17.0 Å². The lowest BCUT2D eigenvalue weighted by Gasteiger charge is -2.35. The lowest BCUT2D eigenvalue weighted by Crippen LogP contribution is -2.52. The third-order valence-electron chi connectivity index (χ3n) is 4.09. The van der Waals surface area contributed by atoms with Crippen LogP contribution >= 0.6 is 12.2 Å². The summed E-state index contributed by atoms with van der Waals surface area (Å²) in [4.78, 5) is 2.12. The first-order valence-electron chi connectivity index (χ1n) is 7.88. The predicted molar refractivity (Wildman–Crippen MR) is 94.5 cm³/mol. The number of aryl methyl sites for hydroxylation is 2. The SMILES string of the molecule is Cc1noc(C)c1S(=O)(=O)N1CCN(C(=S)NCc2ccco2)CC1. The maximum atomic E-state index is 12.8. The molecule has 25 heavy (non-hydrogen) atoms. The summed E-state index contributed by atoms with van der Waals surface area (Å²) in [5, 5.41) is 7.45. The third-order valence-corrected chi connectivity index (χ3v) is 6.63. The number of hydrogen-bond acceptors (Lipinski definition) is 6. The average Bonchev–Trinajstić information content (AvgIpc) is 3.22. The van der Waals surface area contributed by atoms with Crippen LogP contribution < -0.4 is 5.32 Å². The van der Waals surface area contributed by atoms with Crippen LogP contribution in [0.25, 0.3) is 0 Å². The molecule has 0 spiro atoms. The predicted octanol–water partition coefficient (Wildman–Crippen LogP) is 1.27. The van der Waals surface area contributed by atoms with Gasteiger partial charge in [0.15, 0.2) is 10.9 Å². The molecule has 1 saturated heterocycles. The van der Waals surface area contributed by atoms with Gasteiger partial charge in [0.1, 0.15) is 16.3 Å². The van der Waals surface area contributed by atoms with Gasteiger partial charge < -0.3 is 19.2 Å². The topological polar surface area (TPSA) is 91.8 Å². The van der Waals surface area contributed by atoms with Crippen molar-refractivity contribution >= 4 is 27.4 Å². The highest BCUT2D eigenvalue weighted by atomic mass is 32.2. The van der Waals surface area contributed by atoms with Crippen LogP contribution in [-0.4, -0.2) is 54.1 Å². The highest BCUT2D eigenvalue weighted by Gasteiger charge is 2.33. The second kappa shape index (κ2) is 7.14. The summed E-state index contributed by atoms with van der Waals surface area (Å²) < 4.78 is 37.3. The molecule has 10 heteroatoms. The molecule has 0 saturated carbocycles. The monoisotopic (exact) mass is 384 g/mol. The zero-order valence-electron chi connectivity index (χ0n) is 14.1. The molecule has 0 bridgehead atoms. The first-order chi connectivity index (χ1) is 11.9. The van der Waals surface area contributed by atoms with E-state index >= 15 is 0 Å². The quantitative estimate of drug-likeness (QED) is 0.788. The molecule has 2 aromatic rings. The van der Waals surface area contributed by atoms with Crippen molar-refractivity contribution < 1.29 is 17.4 Å². The zero-order valence-corrected chi connectivity index (χ0v) is 15.7. The largest absolute Gasteiger partial charge is 0.467 e. The fourth-order valence-electron chi connectivity index (χ4n) is 2.79. The van der Waals surface area contributed by atoms with E-state index in [9.17, 15) is 8.42 Å². The maximum absolute atomic E-state index is 12.8. The Kier molecular flexibility index (Phi) is 5.11. The molecule has 0 radical (unpaired) electrons. The molecule has 2 aromatic heterocycles. The van der Waals surface area contributed by atoms with Crippen LogP contribution in [0.15, 0.2) is 32.2 Å². The first kappa shape index (κ1) is 17.9. The Hall–Kier alpha value is -1.91. The fraction of sp³-hybridized carbons (Fsp3) is 0.467.